The minimum Gasteiger partial charge on any atom is -0.361 e. The van der Waals surface area contributed by atoms with Crippen molar-refractivity contribution in [3.63, 3.8) is 0 Å². The summed E-state index contributed by atoms with van der Waals surface area (Å²) in [6, 6.07) is 2.22. The Morgan fingerprint density at radius 2 is 1.79 bits per heavy atom. The molecule has 2 heteroatoms. The smallest absolute Gasteiger partial charge is 0.140 e. The monoisotopic (exact) mass is 191 g/mol. The zero-order valence-electron chi connectivity index (χ0n) is 8.54. The van der Waals surface area contributed by atoms with Crippen molar-refractivity contribution in [2.24, 2.45) is 0 Å². The van der Waals surface area contributed by atoms with Crippen molar-refractivity contribution < 1.29 is 4.52 Å². The lowest BCUT2D eigenvalue weighted by atomic mass is 9.87. The largest absolute Gasteiger partial charge is 0.361 e. The zero-order valence-corrected chi connectivity index (χ0v) is 8.54. The van der Waals surface area contributed by atoms with E-state index < -0.39 is 0 Å². The van der Waals surface area contributed by atoms with Gasteiger partial charge in [0.05, 0.1) is 5.69 Å². The van der Waals surface area contributed by atoms with E-state index in [4.69, 9.17) is 4.52 Å². The molecule has 0 unspecified atom stereocenters. The van der Waals surface area contributed by atoms with Crippen molar-refractivity contribution in [3.8, 4) is 0 Å². The van der Waals surface area contributed by atoms with E-state index in [1.165, 1.54) is 50.6 Å². The highest BCUT2D eigenvalue weighted by Gasteiger charge is 2.29. The van der Waals surface area contributed by atoms with E-state index in [9.17, 15) is 0 Å². The second-order valence-electron chi connectivity index (χ2n) is 4.76. The average Bonchev–Trinajstić information content (AvgIpc) is 2.98. The number of nitrogens with zero attached hydrogens (tertiary/aromatic N) is 1. The number of hydrogen-bond acceptors (Lipinski definition) is 2. The van der Waals surface area contributed by atoms with Gasteiger partial charge in [-0.3, -0.25) is 0 Å². The maximum atomic E-state index is 5.39. The van der Waals surface area contributed by atoms with Crippen LogP contribution >= 0.6 is 0 Å². The third kappa shape index (κ3) is 1.58. The van der Waals surface area contributed by atoms with Gasteiger partial charge in [0.2, 0.25) is 0 Å². The van der Waals surface area contributed by atoms with Crippen molar-refractivity contribution in [2.75, 3.05) is 0 Å². The molecule has 3 rings (SSSR count). The Hall–Kier alpha value is -0.790. The van der Waals surface area contributed by atoms with Gasteiger partial charge in [0.25, 0.3) is 0 Å². The van der Waals surface area contributed by atoms with Crippen LogP contribution in [-0.2, 0) is 0 Å². The predicted molar refractivity (Wildman–Crippen MR) is 54.3 cm³/mol. The Kier molecular flexibility index (Phi) is 2.07. The van der Waals surface area contributed by atoms with E-state index in [0.29, 0.717) is 11.8 Å². The van der Waals surface area contributed by atoms with Crippen LogP contribution in [0.4, 0.5) is 0 Å². The first-order chi connectivity index (χ1) is 6.93. The molecule has 14 heavy (non-hydrogen) atoms. The van der Waals surface area contributed by atoms with E-state index in [1.54, 1.807) is 0 Å². The average molecular weight is 191 g/mol. The highest BCUT2D eigenvalue weighted by molar-refractivity contribution is 5.17. The normalized spacial score (nSPS) is 24.0. The molecule has 0 N–H and O–H groups in total. The first kappa shape index (κ1) is 8.51. The third-order valence-corrected chi connectivity index (χ3v) is 3.55. The maximum absolute atomic E-state index is 5.39. The van der Waals surface area contributed by atoms with Gasteiger partial charge in [-0.05, 0) is 25.7 Å². The van der Waals surface area contributed by atoms with E-state index in [-0.39, 0.29) is 0 Å². The van der Waals surface area contributed by atoms with Crippen LogP contribution in [0, 0.1) is 0 Å². The van der Waals surface area contributed by atoms with E-state index >= 15 is 0 Å². The predicted octanol–water partition coefficient (Wildman–Crippen LogP) is 3.60. The lowest BCUT2D eigenvalue weighted by Crippen LogP contribution is -2.04. The van der Waals surface area contributed by atoms with Crippen LogP contribution in [0.3, 0.4) is 0 Å². The molecule has 2 aliphatic rings. The number of rotatable bonds is 2. The SMILES string of the molecule is c1c(C2CCCCC2)noc1C1CC1. The first-order valence-electron chi connectivity index (χ1n) is 5.90. The fourth-order valence-electron chi connectivity index (χ4n) is 2.45. The quantitative estimate of drug-likeness (QED) is 0.713. The molecular weight excluding hydrogens is 174 g/mol. The standard InChI is InChI=1S/C12H17NO/c1-2-4-9(5-3-1)11-8-12(14-13-11)10-6-7-10/h8-10H,1-7H2. The molecule has 1 heterocycles. The molecule has 2 nitrogen and oxygen atoms in total. The molecule has 0 aliphatic heterocycles. The summed E-state index contributed by atoms with van der Waals surface area (Å²) in [7, 11) is 0. The van der Waals surface area contributed by atoms with E-state index in [1.807, 2.05) is 0 Å². The van der Waals surface area contributed by atoms with Crippen LogP contribution in [-0.4, -0.2) is 5.16 Å². The molecule has 2 aliphatic carbocycles. The number of aromatic nitrogens is 1. The fraction of sp³-hybridized carbons (Fsp3) is 0.750. The summed E-state index contributed by atoms with van der Waals surface area (Å²) in [5, 5.41) is 4.23. The summed E-state index contributed by atoms with van der Waals surface area (Å²) in [5.74, 6) is 2.55. The van der Waals surface area contributed by atoms with Crippen molar-refractivity contribution in [1.82, 2.24) is 5.16 Å². The van der Waals surface area contributed by atoms with E-state index in [0.717, 1.165) is 5.76 Å². The lowest BCUT2D eigenvalue weighted by Gasteiger charge is -2.18. The Balaban J connectivity index is 1.74. The molecule has 0 saturated heterocycles. The Morgan fingerprint density at radius 3 is 2.50 bits per heavy atom. The molecule has 76 valence electrons. The first-order valence-corrected chi connectivity index (χ1v) is 5.90. The lowest BCUT2D eigenvalue weighted by molar-refractivity contribution is 0.359. The van der Waals surface area contributed by atoms with E-state index in [2.05, 4.69) is 11.2 Å². The molecule has 0 bridgehead atoms. The van der Waals surface area contributed by atoms with Crippen LogP contribution in [0.1, 0.15) is 68.2 Å². The molecule has 0 atom stereocenters. The highest BCUT2D eigenvalue weighted by atomic mass is 16.5. The van der Waals surface area contributed by atoms with Crippen molar-refractivity contribution in [2.45, 2.75) is 56.8 Å². The van der Waals surface area contributed by atoms with Crippen LogP contribution in [0.25, 0.3) is 0 Å². The minimum absolute atomic E-state index is 0.694. The van der Waals surface area contributed by atoms with Crippen LogP contribution in [0.2, 0.25) is 0 Å². The third-order valence-electron chi connectivity index (χ3n) is 3.55. The molecule has 0 amide bonds. The molecule has 1 aromatic rings. The molecule has 2 fully saturated rings. The van der Waals surface area contributed by atoms with Crippen LogP contribution in [0.15, 0.2) is 10.6 Å². The second kappa shape index (κ2) is 3.41. The number of hydrogen-bond donors (Lipinski definition) is 0. The van der Waals surface area contributed by atoms with Gasteiger partial charge in [-0.25, -0.2) is 0 Å². The highest BCUT2D eigenvalue weighted by Crippen LogP contribution is 2.41. The summed E-state index contributed by atoms with van der Waals surface area (Å²) in [4.78, 5) is 0. The topological polar surface area (TPSA) is 26.0 Å². The molecule has 1 aromatic heterocycles. The summed E-state index contributed by atoms with van der Waals surface area (Å²) >= 11 is 0. The Labute approximate surface area is 84.7 Å². The van der Waals surface area contributed by atoms with Gasteiger partial charge in [-0.1, -0.05) is 24.4 Å². The Morgan fingerprint density at radius 1 is 1.00 bits per heavy atom. The van der Waals surface area contributed by atoms with Crippen molar-refractivity contribution in [1.29, 1.82) is 0 Å². The van der Waals surface area contributed by atoms with Crippen molar-refractivity contribution in [3.05, 3.63) is 17.5 Å². The summed E-state index contributed by atoms with van der Waals surface area (Å²) in [6.07, 6.45) is 9.39. The molecule has 0 radical (unpaired) electrons. The summed E-state index contributed by atoms with van der Waals surface area (Å²) < 4.78 is 5.39. The fourth-order valence-corrected chi connectivity index (χ4v) is 2.45. The van der Waals surface area contributed by atoms with Gasteiger partial charge in [-0.2, -0.15) is 0 Å². The summed E-state index contributed by atoms with van der Waals surface area (Å²) in [6.45, 7) is 0. The molecule has 0 spiro atoms. The van der Waals surface area contributed by atoms with Gasteiger partial charge in [0.1, 0.15) is 5.76 Å². The molecule has 2 saturated carbocycles. The summed E-state index contributed by atoms with van der Waals surface area (Å²) in [5.41, 5.74) is 1.23. The Bertz CT molecular complexity index is 308. The van der Waals surface area contributed by atoms with Gasteiger partial charge in [0.15, 0.2) is 0 Å². The molecular formula is C12H17NO. The van der Waals surface area contributed by atoms with Gasteiger partial charge in [-0.15, -0.1) is 0 Å². The molecule has 0 aromatic carbocycles. The van der Waals surface area contributed by atoms with Gasteiger partial charge in [0, 0.05) is 17.9 Å². The maximum Gasteiger partial charge on any atom is 0.140 e. The second-order valence-corrected chi connectivity index (χ2v) is 4.76. The van der Waals surface area contributed by atoms with Crippen molar-refractivity contribution >= 4 is 0 Å². The van der Waals surface area contributed by atoms with Gasteiger partial charge < -0.3 is 4.52 Å². The van der Waals surface area contributed by atoms with Crippen LogP contribution in [0.5, 0.6) is 0 Å². The minimum atomic E-state index is 0.694. The van der Waals surface area contributed by atoms with Gasteiger partial charge >= 0.3 is 0 Å². The zero-order chi connectivity index (χ0) is 9.38. The van der Waals surface area contributed by atoms with Crippen LogP contribution < -0.4 is 0 Å².